The van der Waals surface area contributed by atoms with E-state index in [1.807, 2.05) is 20.0 Å². The molecule has 0 aliphatic heterocycles. The summed E-state index contributed by atoms with van der Waals surface area (Å²) in [4.78, 5) is 14.9. The molecule has 2 aromatic rings. The van der Waals surface area contributed by atoms with Gasteiger partial charge in [0.1, 0.15) is 15.7 Å². The zero-order valence-corrected chi connectivity index (χ0v) is 10.7. The molecule has 0 atom stereocenters. The van der Waals surface area contributed by atoms with Crippen LogP contribution >= 0.6 is 11.8 Å². The Morgan fingerprint density at radius 3 is 2.78 bits per heavy atom. The highest BCUT2D eigenvalue weighted by atomic mass is 32.2. The molecule has 0 saturated heterocycles. The van der Waals surface area contributed by atoms with Gasteiger partial charge in [0.25, 0.3) is 0 Å². The largest absolute Gasteiger partial charge is 0.477 e. The van der Waals surface area contributed by atoms with Crippen molar-refractivity contribution in [1.82, 2.24) is 14.8 Å². The standard InChI is InChI=1S/C11H12N4O2S/c1-6-5-9(15(2)14-6)18-10-7(12)3-4-8(13-10)11(16)17/h3-5H,12H2,1-2H3,(H,16,17). The molecule has 2 rings (SSSR count). The average Bonchev–Trinajstić information content (AvgIpc) is 2.60. The van der Waals surface area contributed by atoms with Gasteiger partial charge in [-0.25, -0.2) is 9.78 Å². The second-order valence-corrected chi connectivity index (χ2v) is 4.75. The number of carboxylic acid groups (broad SMARTS) is 1. The third kappa shape index (κ3) is 2.45. The summed E-state index contributed by atoms with van der Waals surface area (Å²) in [6.07, 6.45) is 0. The lowest BCUT2D eigenvalue weighted by molar-refractivity contribution is 0.0690. The molecule has 18 heavy (non-hydrogen) atoms. The molecule has 0 fully saturated rings. The number of hydrogen-bond donors (Lipinski definition) is 2. The lowest BCUT2D eigenvalue weighted by Crippen LogP contribution is -2.03. The quantitative estimate of drug-likeness (QED) is 0.873. The van der Waals surface area contributed by atoms with E-state index in [0.717, 1.165) is 10.7 Å². The van der Waals surface area contributed by atoms with E-state index in [9.17, 15) is 4.79 Å². The summed E-state index contributed by atoms with van der Waals surface area (Å²) in [5.74, 6) is -1.07. The Morgan fingerprint density at radius 1 is 1.50 bits per heavy atom. The smallest absolute Gasteiger partial charge is 0.354 e. The Kier molecular flexibility index (Phi) is 3.24. The van der Waals surface area contributed by atoms with E-state index in [2.05, 4.69) is 10.1 Å². The van der Waals surface area contributed by atoms with Crippen molar-refractivity contribution >= 4 is 23.4 Å². The molecule has 2 heterocycles. The summed E-state index contributed by atoms with van der Waals surface area (Å²) >= 11 is 1.29. The molecule has 0 aliphatic carbocycles. The van der Waals surface area contributed by atoms with Gasteiger partial charge in [0.15, 0.2) is 0 Å². The van der Waals surface area contributed by atoms with Crippen molar-refractivity contribution in [3.05, 3.63) is 29.6 Å². The van der Waals surface area contributed by atoms with Crippen molar-refractivity contribution in [2.24, 2.45) is 7.05 Å². The molecule has 0 aromatic carbocycles. The average molecular weight is 264 g/mol. The first-order valence-electron chi connectivity index (χ1n) is 5.15. The van der Waals surface area contributed by atoms with Gasteiger partial charge in [-0.1, -0.05) is 0 Å². The maximum absolute atomic E-state index is 10.9. The Hall–Kier alpha value is -2.02. The summed E-state index contributed by atoms with van der Waals surface area (Å²) in [6, 6.07) is 4.82. The fourth-order valence-corrected chi connectivity index (χ4v) is 2.36. The second kappa shape index (κ2) is 4.69. The van der Waals surface area contributed by atoms with Crippen molar-refractivity contribution in [2.75, 3.05) is 5.73 Å². The van der Waals surface area contributed by atoms with E-state index >= 15 is 0 Å². The van der Waals surface area contributed by atoms with Crippen LogP contribution in [0.3, 0.4) is 0 Å². The Morgan fingerprint density at radius 2 is 2.22 bits per heavy atom. The normalized spacial score (nSPS) is 10.6. The van der Waals surface area contributed by atoms with Crippen LogP contribution < -0.4 is 5.73 Å². The van der Waals surface area contributed by atoms with E-state index in [1.54, 1.807) is 10.7 Å². The van der Waals surface area contributed by atoms with Crippen molar-refractivity contribution in [3.63, 3.8) is 0 Å². The fourth-order valence-electron chi connectivity index (χ4n) is 1.43. The van der Waals surface area contributed by atoms with Crippen LogP contribution in [0.25, 0.3) is 0 Å². The van der Waals surface area contributed by atoms with Crippen molar-refractivity contribution in [2.45, 2.75) is 17.0 Å². The Bertz CT molecular complexity index is 609. The van der Waals surface area contributed by atoms with Crippen LogP contribution in [0.4, 0.5) is 5.69 Å². The maximum atomic E-state index is 10.9. The number of aromatic carboxylic acids is 1. The lowest BCUT2D eigenvalue weighted by Gasteiger charge is -2.05. The number of aryl methyl sites for hydroxylation is 2. The molecule has 0 spiro atoms. The molecule has 7 heteroatoms. The molecule has 0 saturated carbocycles. The third-order valence-electron chi connectivity index (χ3n) is 2.27. The summed E-state index contributed by atoms with van der Waals surface area (Å²) in [6.45, 7) is 1.88. The van der Waals surface area contributed by atoms with Gasteiger partial charge in [0.05, 0.1) is 11.4 Å². The predicted molar refractivity (Wildman–Crippen MR) is 67.7 cm³/mol. The summed E-state index contributed by atoms with van der Waals surface area (Å²) in [7, 11) is 1.81. The highest BCUT2D eigenvalue weighted by Crippen LogP contribution is 2.30. The van der Waals surface area contributed by atoms with Crippen LogP contribution in [0.15, 0.2) is 28.3 Å². The van der Waals surface area contributed by atoms with Crippen LogP contribution in [0, 0.1) is 6.92 Å². The number of rotatable bonds is 3. The van der Waals surface area contributed by atoms with Crippen LogP contribution in [0.2, 0.25) is 0 Å². The van der Waals surface area contributed by atoms with E-state index in [4.69, 9.17) is 10.8 Å². The first-order valence-corrected chi connectivity index (χ1v) is 5.97. The van der Waals surface area contributed by atoms with Crippen LogP contribution in [-0.4, -0.2) is 25.8 Å². The molecule has 0 amide bonds. The first-order chi connectivity index (χ1) is 8.47. The monoisotopic (exact) mass is 264 g/mol. The zero-order chi connectivity index (χ0) is 13.3. The van der Waals surface area contributed by atoms with E-state index < -0.39 is 5.97 Å². The number of pyridine rings is 1. The van der Waals surface area contributed by atoms with Gasteiger partial charge < -0.3 is 10.8 Å². The number of nitrogens with two attached hydrogens (primary N) is 1. The number of anilines is 1. The summed E-state index contributed by atoms with van der Waals surface area (Å²) < 4.78 is 1.70. The molecule has 0 aliphatic rings. The molecular formula is C11H12N4O2S. The van der Waals surface area contributed by atoms with Crippen LogP contribution in [-0.2, 0) is 7.05 Å². The van der Waals surface area contributed by atoms with Gasteiger partial charge in [0, 0.05) is 7.05 Å². The Balaban J connectivity index is 2.36. The van der Waals surface area contributed by atoms with E-state index in [-0.39, 0.29) is 5.69 Å². The first kappa shape index (κ1) is 12.4. The number of aromatic nitrogens is 3. The highest BCUT2D eigenvalue weighted by molar-refractivity contribution is 7.99. The molecular weight excluding hydrogens is 252 g/mol. The number of nitrogen functional groups attached to an aromatic ring is 1. The van der Waals surface area contributed by atoms with Gasteiger partial charge in [-0.3, -0.25) is 4.68 Å². The van der Waals surface area contributed by atoms with Gasteiger partial charge >= 0.3 is 5.97 Å². The molecule has 3 N–H and O–H groups in total. The molecule has 0 bridgehead atoms. The minimum Gasteiger partial charge on any atom is -0.477 e. The minimum atomic E-state index is -1.07. The predicted octanol–water partition coefficient (Wildman–Crippen LogP) is 1.56. The van der Waals surface area contributed by atoms with Crippen LogP contribution in [0.1, 0.15) is 16.2 Å². The SMILES string of the molecule is Cc1cc(Sc2nc(C(=O)O)ccc2N)n(C)n1. The molecule has 0 radical (unpaired) electrons. The molecule has 6 nitrogen and oxygen atoms in total. The zero-order valence-electron chi connectivity index (χ0n) is 9.91. The second-order valence-electron chi connectivity index (χ2n) is 3.75. The summed E-state index contributed by atoms with van der Waals surface area (Å²) in [5.41, 5.74) is 7.10. The van der Waals surface area contributed by atoms with Gasteiger partial charge in [-0.15, -0.1) is 0 Å². The minimum absolute atomic E-state index is 0.0226. The fraction of sp³-hybridized carbons (Fsp3) is 0.182. The van der Waals surface area contributed by atoms with E-state index in [1.165, 1.54) is 17.8 Å². The maximum Gasteiger partial charge on any atom is 0.354 e. The van der Waals surface area contributed by atoms with Crippen molar-refractivity contribution in [1.29, 1.82) is 0 Å². The topological polar surface area (TPSA) is 94.0 Å². The van der Waals surface area contributed by atoms with Crippen molar-refractivity contribution < 1.29 is 9.90 Å². The number of carboxylic acids is 1. The number of carbonyl (C=O) groups is 1. The molecule has 0 unspecified atom stereocenters. The molecule has 2 aromatic heterocycles. The number of nitrogens with zero attached hydrogens (tertiary/aromatic N) is 3. The Labute approximate surface area is 108 Å². The highest BCUT2D eigenvalue weighted by Gasteiger charge is 2.12. The van der Waals surface area contributed by atoms with Crippen molar-refractivity contribution in [3.8, 4) is 0 Å². The third-order valence-corrected chi connectivity index (χ3v) is 3.38. The van der Waals surface area contributed by atoms with Gasteiger partial charge in [-0.05, 0) is 36.9 Å². The van der Waals surface area contributed by atoms with E-state index in [0.29, 0.717) is 10.7 Å². The number of hydrogen-bond acceptors (Lipinski definition) is 5. The molecule has 94 valence electrons. The lowest BCUT2D eigenvalue weighted by atomic mass is 10.3. The summed E-state index contributed by atoms with van der Waals surface area (Å²) in [5, 5.41) is 14.4. The van der Waals surface area contributed by atoms with Crippen LogP contribution in [0.5, 0.6) is 0 Å². The van der Waals surface area contributed by atoms with Gasteiger partial charge in [0.2, 0.25) is 0 Å². The van der Waals surface area contributed by atoms with Gasteiger partial charge in [-0.2, -0.15) is 5.10 Å².